The van der Waals surface area contributed by atoms with Gasteiger partial charge in [-0.05, 0) is 23.1 Å². The zero-order valence-corrected chi connectivity index (χ0v) is 10.1. The summed E-state index contributed by atoms with van der Waals surface area (Å²) in [6, 6.07) is 9.56. The molecule has 0 amide bonds. The number of halogens is 1. The Kier molecular flexibility index (Phi) is 4.80. The lowest BCUT2D eigenvalue weighted by molar-refractivity contribution is 0.327. The third-order valence-corrected chi connectivity index (χ3v) is 2.33. The third kappa shape index (κ3) is 3.54. The molecule has 1 rings (SSSR count). The van der Waals surface area contributed by atoms with Gasteiger partial charge in [0.05, 0.1) is 11.6 Å². The molecule has 15 heavy (non-hydrogen) atoms. The fraction of sp³-hybridized carbons (Fsp3) is 0.417. The molecule has 3 heteroatoms. The first-order valence-electron chi connectivity index (χ1n) is 4.71. The first kappa shape index (κ1) is 14.0. The van der Waals surface area contributed by atoms with Crippen LogP contribution < -0.4 is 5.73 Å². The van der Waals surface area contributed by atoms with Crippen molar-refractivity contribution in [3.05, 3.63) is 35.4 Å². The summed E-state index contributed by atoms with van der Waals surface area (Å²) in [5, 5.41) is 8.65. The van der Waals surface area contributed by atoms with Crippen molar-refractivity contribution in [3.8, 4) is 6.07 Å². The van der Waals surface area contributed by atoms with E-state index in [1.165, 1.54) is 0 Å². The van der Waals surface area contributed by atoms with Crippen LogP contribution in [-0.2, 0) is 0 Å². The zero-order chi connectivity index (χ0) is 10.8. The average Bonchev–Trinajstić information content (AvgIpc) is 2.15. The molecular formula is C12H17ClN2. The number of nitrogens with zero attached hydrogens (tertiary/aromatic N) is 1. The summed E-state index contributed by atoms with van der Waals surface area (Å²) in [4.78, 5) is 0. The van der Waals surface area contributed by atoms with Gasteiger partial charge in [-0.2, -0.15) is 5.26 Å². The van der Waals surface area contributed by atoms with Crippen LogP contribution in [0.4, 0.5) is 0 Å². The van der Waals surface area contributed by atoms with Crippen LogP contribution in [0.1, 0.15) is 37.9 Å². The minimum absolute atomic E-state index is 0. The number of hydrogen-bond donors (Lipinski definition) is 1. The van der Waals surface area contributed by atoms with Crippen LogP contribution in [0, 0.1) is 16.7 Å². The van der Waals surface area contributed by atoms with Crippen molar-refractivity contribution in [2.45, 2.75) is 26.8 Å². The van der Waals surface area contributed by atoms with Gasteiger partial charge in [-0.25, -0.2) is 0 Å². The quantitative estimate of drug-likeness (QED) is 0.797. The average molecular weight is 225 g/mol. The van der Waals surface area contributed by atoms with Gasteiger partial charge in [-0.3, -0.25) is 0 Å². The molecule has 0 radical (unpaired) electrons. The van der Waals surface area contributed by atoms with Crippen molar-refractivity contribution in [1.29, 1.82) is 5.26 Å². The number of rotatable bonds is 1. The minimum atomic E-state index is 0. The van der Waals surface area contributed by atoms with Gasteiger partial charge in [-0.1, -0.05) is 32.9 Å². The normalized spacial score (nSPS) is 12.5. The Hall–Kier alpha value is -1.04. The van der Waals surface area contributed by atoms with Crippen LogP contribution in [0.15, 0.2) is 24.3 Å². The molecule has 1 aromatic rings. The predicted molar refractivity (Wildman–Crippen MR) is 64.8 cm³/mol. The number of hydrogen-bond acceptors (Lipinski definition) is 2. The molecule has 1 aromatic carbocycles. The monoisotopic (exact) mass is 224 g/mol. The maximum Gasteiger partial charge on any atom is 0.0991 e. The highest BCUT2D eigenvalue weighted by atomic mass is 35.5. The summed E-state index contributed by atoms with van der Waals surface area (Å²) >= 11 is 0. The molecule has 0 aromatic heterocycles. The summed E-state index contributed by atoms with van der Waals surface area (Å²) in [6.45, 7) is 6.32. The van der Waals surface area contributed by atoms with Crippen molar-refractivity contribution in [1.82, 2.24) is 0 Å². The van der Waals surface area contributed by atoms with Gasteiger partial charge in [0.25, 0.3) is 0 Å². The number of nitriles is 1. The Morgan fingerprint density at radius 3 is 2.00 bits per heavy atom. The fourth-order valence-electron chi connectivity index (χ4n) is 1.26. The molecule has 0 fully saturated rings. The first-order chi connectivity index (χ1) is 6.45. The second-order valence-electron chi connectivity index (χ2n) is 4.58. The van der Waals surface area contributed by atoms with Crippen LogP contribution in [0.5, 0.6) is 0 Å². The molecule has 0 aliphatic carbocycles. The van der Waals surface area contributed by atoms with Crippen LogP contribution in [0.2, 0.25) is 0 Å². The molecule has 0 bridgehead atoms. The van der Waals surface area contributed by atoms with Gasteiger partial charge in [-0.15, -0.1) is 12.4 Å². The molecule has 0 saturated heterocycles. The molecule has 0 aliphatic rings. The SMILES string of the molecule is CC(C)(C)[C@@H](N)c1ccc(C#N)cc1.Cl. The summed E-state index contributed by atoms with van der Waals surface area (Å²) < 4.78 is 0. The molecule has 0 aliphatic heterocycles. The predicted octanol–water partition coefficient (Wildman–Crippen LogP) is 3.03. The summed E-state index contributed by atoms with van der Waals surface area (Å²) in [5.74, 6) is 0. The maximum atomic E-state index is 8.65. The fourth-order valence-corrected chi connectivity index (χ4v) is 1.26. The third-order valence-electron chi connectivity index (χ3n) is 2.33. The van der Waals surface area contributed by atoms with E-state index in [4.69, 9.17) is 11.0 Å². The summed E-state index contributed by atoms with van der Waals surface area (Å²) in [6.07, 6.45) is 0. The highest BCUT2D eigenvalue weighted by Gasteiger charge is 2.21. The topological polar surface area (TPSA) is 49.8 Å². The van der Waals surface area contributed by atoms with Crippen molar-refractivity contribution < 1.29 is 0 Å². The van der Waals surface area contributed by atoms with E-state index in [1.807, 2.05) is 12.1 Å². The van der Waals surface area contributed by atoms with Crippen molar-refractivity contribution in [3.63, 3.8) is 0 Å². The van der Waals surface area contributed by atoms with Gasteiger partial charge in [0.2, 0.25) is 0 Å². The van der Waals surface area contributed by atoms with E-state index < -0.39 is 0 Å². The van der Waals surface area contributed by atoms with Crippen molar-refractivity contribution in [2.75, 3.05) is 0 Å². The molecule has 0 saturated carbocycles. The molecule has 0 unspecified atom stereocenters. The molecule has 0 heterocycles. The Bertz CT molecular complexity index is 343. The largest absolute Gasteiger partial charge is 0.324 e. The number of nitrogens with two attached hydrogens (primary N) is 1. The Morgan fingerprint density at radius 2 is 1.67 bits per heavy atom. The van der Waals surface area contributed by atoms with Gasteiger partial charge in [0, 0.05) is 6.04 Å². The maximum absolute atomic E-state index is 8.65. The molecule has 0 spiro atoms. The second-order valence-corrected chi connectivity index (χ2v) is 4.58. The van der Waals surface area contributed by atoms with Gasteiger partial charge in [0.1, 0.15) is 0 Å². The van der Waals surface area contributed by atoms with Crippen LogP contribution in [0.3, 0.4) is 0 Å². The van der Waals surface area contributed by atoms with E-state index in [2.05, 4.69) is 26.8 Å². The molecular weight excluding hydrogens is 208 g/mol. The van der Waals surface area contributed by atoms with Gasteiger partial charge in [0.15, 0.2) is 0 Å². The molecule has 82 valence electrons. The van der Waals surface area contributed by atoms with Crippen LogP contribution >= 0.6 is 12.4 Å². The summed E-state index contributed by atoms with van der Waals surface area (Å²) in [5.41, 5.74) is 7.89. The first-order valence-corrected chi connectivity index (χ1v) is 4.71. The van der Waals surface area contributed by atoms with Crippen LogP contribution in [-0.4, -0.2) is 0 Å². The minimum Gasteiger partial charge on any atom is -0.324 e. The summed E-state index contributed by atoms with van der Waals surface area (Å²) in [7, 11) is 0. The standard InChI is InChI=1S/C12H16N2.ClH/c1-12(2,3)11(14)10-6-4-9(8-13)5-7-10;/h4-7,11H,14H2,1-3H3;1H/t11-;/m0./s1. The van der Waals surface area contributed by atoms with E-state index in [9.17, 15) is 0 Å². The van der Waals surface area contributed by atoms with E-state index in [0.717, 1.165) is 5.56 Å². The smallest absolute Gasteiger partial charge is 0.0991 e. The zero-order valence-electron chi connectivity index (χ0n) is 9.32. The highest BCUT2D eigenvalue weighted by Crippen LogP contribution is 2.30. The van der Waals surface area contributed by atoms with E-state index in [-0.39, 0.29) is 23.9 Å². The molecule has 2 N–H and O–H groups in total. The molecule has 2 nitrogen and oxygen atoms in total. The van der Waals surface area contributed by atoms with Gasteiger partial charge < -0.3 is 5.73 Å². The van der Waals surface area contributed by atoms with Crippen LogP contribution in [0.25, 0.3) is 0 Å². The van der Waals surface area contributed by atoms with E-state index in [1.54, 1.807) is 12.1 Å². The lowest BCUT2D eigenvalue weighted by atomic mass is 9.83. The van der Waals surface area contributed by atoms with Crippen molar-refractivity contribution in [2.24, 2.45) is 11.1 Å². The van der Waals surface area contributed by atoms with E-state index >= 15 is 0 Å². The Balaban J connectivity index is 0.00000196. The number of benzene rings is 1. The Morgan fingerprint density at radius 1 is 1.20 bits per heavy atom. The second kappa shape index (κ2) is 5.16. The van der Waals surface area contributed by atoms with Crippen molar-refractivity contribution >= 4 is 12.4 Å². The molecule has 1 atom stereocenters. The Labute approximate surface area is 97.5 Å². The lowest BCUT2D eigenvalue weighted by Crippen LogP contribution is -2.26. The van der Waals surface area contributed by atoms with E-state index in [0.29, 0.717) is 5.56 Å². The lowest BCUT2D eigenvalue weighted by Gasteiger charge is -2.27. The van der Waals surface area contributed by atoms with Gasteiger partial charge >= 0.3 is 0 Å². The highest BCUT2D eigenvalue weighted by molar-refractivity contribution is 5.85.